The molecule has 0 spiro atoms. The van der Waals surface area contributed by atoms with Gasteiger partial charge in [0.05, 0.1) is 11.3 Å². The van der Waals surface area contributed by atoms with Crippen molar-refractivity contribution in [2.45, 2.75) is 97.8 Å². The third kappa shape index (κ3) is 14.1. The number of nitrogens with zero attached hydrogens (tertiary/aromatic N) is 1. The Labute approximate surface area is 198 Å². The summed E-state index contributed by atoms with van der Waals surface area (Å²) in [5.41, 5.74) is -0.00519. The van der Waals surface area contributed by atoms with Gasteiger partial charge in [0.15, 0.2) is 5.78 Å². The second-order valence-corrected chi connectivity index (χ2v) is 11.3. The molecular formula is C23H38LiNO4Si. The van der Waals surface area contributed by atoms with Crippen molar-refractivity contribution in [3.63, 3.8) is 0 Å². The van der Waals surface area contributed by atoms with E-state index in [1.165, 1.54) is 12.6 Å². The maximum absolute atomic E-state index is 12.2. The molecule has 1 aromatic heterocycles. The van der Waals surface area contributed by atoms with E-state index in [0.29, 0.717) is 15.3 Å². The Hall–Kier alpha value is -0.936. The molecule has 7 heteroatoms. The molecule has 0 aliphatic carbocycles. The first kappa shape index (κ1) is 31.3. The summed E-state index contributed by atoms with van der Waals surface area (Å²) in [5.74, 6) is -0.833. The van der Waals surface area contributed by atoms with Crippen molar-refractivity contribution in [3.05, 3.63) is 36.5 Å². The van der Waals surface area contributed by atoms with Crippen LogP contribution in [0.4, 0.5) is 0 Å². The zero-order valence-corrected chi connectivity index (χ0v) is 21.6. The van der Waals surface area contributed by atoms with Crippen molar-refractivity contribution in [2.75, 3.05) is 0 Å². The first-order valence-corrected chi connectivity index (χ1v) is 11.0. The number of carbonyl (C=O) groups excluding carboxylic acids is 2. The van der Waals surface area contributed by atoms with Crippen LogP contribution in [0.3, 0.4) is 0 Å². The number of esters is 1. The number of hydrogen-bond acceptors (Lipinski definition) is 5. The van der Waals surface area contributed by atoms with E-state index in [4.69, 9.17) is 9.16 Å². The van der Waals surface area contributed by atoms with Gasteiger partial charge in [0, 0.05) is 11.8 Å². The molecule has 5 nitrogen and oxygen atoms in total. The molecule has 0 fully saturated rings. The van der Waals surface area contributed by atoms with Gasteiger partial charge in [0.1, 0.15) is 12.0 Å². The normalized spacial score (nSPS) is 11.7. The Balaban J connectivity index is 0. The summed E-state index contributed by atoms with van der Waals surface area (Å²) in [7, 11) is 0.334. The standard InChI is InChI=1S/C19H29NO4Si.C4H9.Li/c1-17(2,3)23-16(22)11-14(21)13-9-10-15(20-12-13)19(7,8)24-25-18(4,5)6;1-3-4-2;/h9-10,12H,11H2,1-8H3;1,3-4H2,2H3;/q;-1;+1. The van der Waals surface area contributed by atoms with Crippen molar-refractivity contribution in [1.82, 2.24) is 4.98 Å². The maximum atomic E-state index is 12.2. The van der Waals surface area contributed by atoms with Crippen molar-refractivity contribution in [1.29, 1.82) is 0 Å². The second kappa shape index (κ2) is 13.5. The van der Waals surface area contributed by atoms with Crippen LogP contribution in [-0.4, -0.2) is 32.1 Å². The van der Waals surface area contributed by atoms with Crippen LogP contribution in [0.5, 0.6) is 0 Å². The molecule has 1 rings (SSSR count). The van der Waals surface area contributed by atoms with Crippen LogP contribution in [0.15, 0.2) is 18.3 Å². The van der Waals surface area contributed by atoms with E-state index >= 15 is 0 Å². The van der Waals surface area contributed by atoms with Gasteiger partial charge < -0.3 is 16.1 Å². The first-order valence-electron chi connectivity index (χ1n) is 10.1. The van der Waals surface area contributed by atoms with Crippen molar-refractivity contribution < 1.29 is 37.6 Å². The number of aromatic nitrogens is 1. The summed E-state index contributed by atoms with van der Waals surface area (Å²) in [6, 6.07) is 3.45. The fraction of sp³-hybridized carbons (Fsp3) is 0.652. The van der Waals surface area contributed by atoms with Crippen LogP contribution in [0.1, 0.15) is 97.6 Å². The van der Waals surface area contributed by atoms with Crippen LogP contribution >= 0.6 is 0 Å². The van der Waals surface area contributed by atoms with E-state index in [1.54, 1.807) is 32.9 Å². The van der Waals surface area contributed by atoms with E-state index in [0.717, 1.165) is 12.1 Å². The maximum Gasteiger partial charge on any atom is 1.00 e. The zero-order chi connectivity index (χ0) is 22.9. The number of hydrogen-bond donors (Lipinski definition) is 0. The van der Waals surface area contributed by atoms with E-state index in [1.807, 2.05) is 13.8 Å². The Morgan fingerprint density at radius 3 is 1.97 bits per heavy atom. The fourth-order valence-electron chi connectivity index (χ4n) is 1.86. The van der Waals surface area contributed by atoms with E-state index in [-0.39, 0.29) is 36.1 Å². The van der Waals surface area contributed by atoms with Gasteiger partial charge in [-0.1, -0.05) is 34.1 Å². The molecule has 0 aliphatic rings. The average Bonchev–Trinajstić information content (AvgIpc) is 2.58. The van der Waals surface area contributed by atoms with Crippen molar-refractivity contribution in [3.8, 4) is 0 Å². The molecule has 2 radical (unpaired) electrons. The monoisotopic (exact) mass is 427 g/mol. The number of Topliss-reactive ketones (excluding diaryl/α,β-unsaturated/α-hetero) is 1. The molecule has 0 unspecified atom stereocenters. The van der Waals surface area contributed by atoms with Gasteiger partial charge in [0.2, 0.25) is 9.76 Å². The summed E-state index contributed by atoms with van der Waals surface area (Å²) in [6.07, 6.45) is 3.48. The second-order valence-electron chi connectivity index (χ2n) is 9.44. The van der Waals surface area contributed by atoms with Crippen LogP contribution in [0, 0.1) is 6.92 Å². The van der Waals surface area contributed by atoms with Crippen LogP contribution in [0.25, 0.3) is 0 Å². The smallest absolute Gasteiger partial charge is 0.460 e. The molecule has 0 amide bonds. The van der Waals surface area contributed by atoms with E-state index in [2.05, 4.69) is 39.6 Å². The fourth-order valence-corrected chi connectivity index (χ4v) is 2.52. The number of pyridine rings is 1. The number of rotatable bonds is 7. The summed E-state index contributed by atoms with van der Waals surface area (Å²) < 4.78 is 11.2. The van der Waals surface area contributed by atoms with Crippen LogP contribution in [-0.2, 0) is 19.6 Å². The quantitative estimate of drug-likeness (QED) is 0.220. The largest absolute Gasteiger partial charge is 1.00 e. The minimum atomic E-state index is -0.603. The summed E-state index contributed by atoms with van der Waals surface area (Å²) in [5, 5.41) is 0.0839. The predicted octanol–water partition coefficient (Wildman–Crippen LogP) is 2.71. The molecule has 1 aromatic rings. The number of ketones is 1. The summed E-state index contributed by atoms with van der Waals surface area (Å²) in [6.45, 7) is 21.3. The minimum absolute atomic E-state index is 0. The molecule has 0 saturated heterocycles. The van der Waals surface area contributed by atoms with Gasteiger partial charge in [-0.2, -0.15) is 6.42 Å². The SMILES string of the molecule is CC(C)(C)OC(=O)CC(=O)c1ccc(C(C)(C)O[Si]C(C)(C)C)nc1.[CH2-]CCC.[Li+]. The third-order valence-electron chi connectivity index (χ3n) is 3.39. The molecule has 0 N–H and O–H groups in total. The third-order valence-corrected chi connectivity index (χ3v) is 4.62. The molecule has 1 heterocycles. The number of carbonyl (C=O) groups is 2. The van der Waals surface area contributed by atoms with E-state index < -0.39 is 17.2 Å². The van der Waals surface area contributed by atoms with Crippen LogP contribution < -0.4 is 18.9 Å². The summed E-state index contributed by atoms with van der Waals surface area (Å²) >= 11 is 0. The molecule has 30 heavy (non-hydrogen) atoms. The van der Waals surface area contributed by atoms with Gasteiger partial charge in [-0.05, 0) is 51.8 Å². The molecule has 164 valence electrons. The zero-order valence-electron chi connectivity index (χ0n) is 20.6. The molecule has 0 aliphatic heterocycles. The van der Waals surface area contributed by atoms with Gasteiger partial charge in [-0.25, -0.2) is 0 Å². The van der Waals surface area contributed by atoms with Crippen LogP contribution in [0.2, 0.25) is 5.04 Å². The summed E-state index contributed by atoms with van der Waals surface area (Å²) in [4.78, 5) is 28.3. The topological polar surface area (TPSA) is 65.5 Å². The first-order chi connectivity index (χ1) is 13.1. The molecule has 0 bridgehead atoms. The van der Waals surface area contributed by atoms with E-state index in [9.17, 15) is 9.59 Å². The Morgan fingerprint density at radius 2 is 1.60 bits per heavy atom. The van der Waals surface area contributed by atoms with Gasteiger partial charge in [0.25, 0.3) is 0 Å². The van der Waals surface area contributed by atoms with Gasteiger partial charge in [-0.15, -0.1) is 0 Å². The minimum Gasteiger partial charge on any atom is -0.460 e. The van der Waals surface area contributed by atoms with Crippen molar-refractivity contribution >= 4 is 21.5 Å². The Kier molecular flexibility index (Phi) is 14.0. The Bertz CT molecular complexity index is 645. The van der Waals surface area contributed by atoms with Gasteiger partial charge in [-0.3, -0.25) is 14.6 Å². The number of ether oxygens (including phenoxy) is 1. The Morgan fingerprint density at radius 1 is 1.07 bits per heavy atom. The van der Waals surface area contributed by atoms with Crippen molar-refractivity contribution in [2.24, 2.45) is 0 Å². The van der Waals surface area contributed by atoms with Gasteiger partial charge >= 0.3 is 24.8 Å². The molecule has 0 atom stereocenters. The molecular weight excluding hydrogens is 389 g/mol. The molecule has 0 aromatic carbocycles. The average molecular weight is 428 g/mol. The molecule has 0 saturated carbocycles. The number of unbranched alkanes of at least 4 members (excludes halogenated alkanes) is 1. The predicted molar refractivity (Wildman–Crippen MR) is 119 cm³/mol.